The van der Waals surface area contributed by atoms with E-state index in [1.54, 1.807) is 0 Å². The number of fused-ring (bicyclic) bond motifs is 1. The van der Waals surface area contributed by atoms with Crippen molar-refractivity contribution in [3.05, 3.63) is 63.2 Å². The van der Waals surface area contributed by atoms with E-state index in [0.717, 1.165) is 18.7 Å². The van der Waals surface area contributed by atoms with Crippen molar-refractivity contribution in [1.29, 1.82) is 0 Å². The van der Waals surface area contributed by atoms with E-state index in [9.17, 15) is 0 Å². The van der Waals surface area contributed by atoms with Crippen LogP contribution in [0.5, 0.6) is 0 Å². The highest BCUT2D eigenvalue weighted by Gasteiger charge is 2.23. The molecule has 2 aromatic rings. The van der Waals surface area contributed by atoms with Gasteiger partial charge >= 0.3 is 0 Å². The molecule has 0 fully saturated rings. The molecular formula is C18H20IN3. The number of benzodiazepines with no additional fused rings is 1. The van der Waals surface area contributed by atoms with Gasteiger partial charge in [0.1, 0.15) is 0 Å². The maximum Gasteiger partial charge on any atom is 0.0740 e. The van der Waals surface area contributed by atoms with Crippen molar-refractivity contribution in [3.63, 3.8) is 0 Å². The molecule has 1 aliphatic heterocycles. The SMILES string of the molecule is CN1c2cc(I)ccc2C(c2ccccc2)=NCC1CCN. The largest absolute Gasteiger partial charge is 0.369 e. The van der Waals surface area contributed by atoms with Crippen LogP contribution in [-0.2, 0) is 0 Å². The van der Waals surface area contributed by atoms with Crippen LogP contribution >= 0.6 is 22.6 Å². The van der Waals surface area contributed by atoms with Crippen LogP contribution in [0.15, 0.2) is 53.5 Å². The Kier molecular flexibility index (Phi) is 4.78. The molecule has 1 atom stereocenters. The summed E-state index contributed by atoms with van der Waals surface area (Å²) in [6.07, 6.45) is 0.951. The molecule has 0 saturated heterocycles. The van der Waals surface area contributed by atoms with Gasteiger partial charge < -0.3 is 10.6 Å². The molecule has 0 amide bonds. The van der Waals surface area contributed by atoms with Gasteiger partial charge in [-0.2, -0.15) is 0 Å². The average Bonchev–Trinajstić information content (AvgIpc) is 2.67. The predicted octanol–water partition coefficient (Wildman–Crippen LogP) is 3.30. The maximum absolute atomic E-state index is 5.79. The van der Waals surface area contributed by atoms with Gasteiger partial charge in [0.25, 0.3) is 0 Å². The first-order valence-corrected chi connectivity index (χ1v) is 8.61. The zero-order chi connectivity index (χ0) is 15.5. The van der Waals surface area contributed by atoms with Gasteiger partial charge in [-0.15, -0.1) is 0 Å². The van der Waals surface area contributed by atoms with Crippen molar-refractivity contribution in [2.24, 2.45) is 10.7 Å². The average molecular weight is 405 g/mol. The maximum atomic E-state index is 5.79. The Hall–Kier alpha value is -1.40. The molecule has 1 aliphatic rings. The van der Waals surface area contributed by atoms with Crippen LogP contribution in [0.3, 0.4) is 0 Å². The topological polar surface area (TPSA) is 41.6 Å². The Morgan fingerprint density at radius 1 is 1.23 bits per heavy atom. The molecule has 0 spiro atoms. The summed E-state index contributed by atoms with van der Waals surface area (Å²) in [6, 6.07) is 17.4. The summed E-state index contributed by atoms with van der Waals surface area (Å²) in [5, 5.41) is 0. The monoisotopic (exact) mass is 405 g/mol. The van der Waals surface area contributed by atoms with E-state index in [-0.39, 0.29) is 0 Å². The van der Waals surface area contributed by atoms with E-state index in [0.29, 0.717) is 12.6 Å². The minimum atomic E-state index is 0.350. The van der Waals surface area contributed by atoms with Gasteiger partial charge in [0, 0.05) is 33.5 Å². The Labute approximate surface area is 145 Å². The molecule has 22 heavy (non-hydrogen) atoms. The second kappa shape index (κ2) is 6.79. The van der Waals surface area contributed by atoms with Gasteiger partial charge in [-0.3, -0.25) is 4.99 Å². The van der Waals surface area contributed by atoms with Gasteiger partial charge in [-0.25, -0.2) is 0 Å². The summed E-state index contributed by atoms with van der Waals surface area (Å²) in [6.45, 7) is 1.47. The lowest BCUT2D eigenvalue weighted by atomic mass is 10.0. The molecule has 3 rings (SSSR count). The quantitative estimate of drug-likeness (QED) is 0.797. The summed E-state index contributed by atoms with van der Waals surface area (Å²) in [5.41, 5.74) is 10.5. The van der Waals surface area contributed by atoms with E-state index in [1.807, 2.05) is 6.07 Å². The number of rotatable bonds is 3. The van der Waals surface area contributed by atoms with Crippen LogP contribution in [0.1, 0.15) is 17.5 Å². The van der Waals surface area contributed by atoms with Crippen LogP contribution in [0.4, 0.5) is 5.69 Å². The molecule has 0 radical (unpaired) electrons. The van der Waals surface area contributed by atoms with Crippen molar-refractivity contribution in [3.8, 4) is 0 Å². The van der Waals surface area contributed by atoms with Crippen LogP contribution < -0.4 is 10.6 Å². The van der Waals surface area contributed by atoms with E-state index < -0.39 is 0 Å². The van der Waals surface area contributed by atoms with Crippen molar-refractivity contribution >= 4 is 34.0 Å². The fourth-order valence-corrected chi connectivity index (χ4v) is 3.39. The Morgan fingerprint density at radius 3 is 2.73 bits per heavy atom. The molecule has 4 heteroatoms. The number of aliphatic imine (C=N–C) groups is 1. The van der Waals surface area contributed by atoms with Gasteiger partial charge in [0.2, 0.25) is 0 Å². The summed E-state index contributed by atoms with van der Waals surface area (Å²) < 4.78 is 1.24. The van der Waals surface area contributed by atoms with Crippen LogP contribution in [-0.4, -0.2) is 31.9 Å². The molecule has 1 unspecified atom stereocenters. The van der Waals surface area contributed by atoms with Crippen molar-refractivity contribution in [2.75, 3.05) is 25.0 Å². The standard InChI is InChI=1S/C18H20IN3/c1-22-15(9-10-20)12-21-18(13-5-3-2-4-6-13)16-8-7-14(19)11-17(16)22/h2-8,11,15H,9-10,12,20H2,1H3. The smallest absolute Gasteiger partial charge is 0.0740 e. The van der Waals surface area contributed by atoms with Crippen molar-refractivity contribution in [1.82, 2.24) is 0 Å². The molecule has 0 aliphatic carbocycles. The molecule has 2 aromatic carbocycles. The molecule has 114 valence electrons. The molecule has 0 saturated carbocycles. The highest BCUT2D eigenvalue weighted by atomic mass is 127. The van der Waals surface area contributed by atoms with Crippen LogP contribution in [0.25, 0.3) is 0 Å². The summed E-state index contributed by atoms with van der Waals surface area (Å²) in [4.78, 5) is 7.27. The molecule has 0 bridgehead atoms. The number of hydrogen-bond donors (Lipinski definition) is 1. The minimum absolute atomic E-state index is 0.350. The van der Waals surface area contributed by atoms with Gasteiger partial charge in [0.15, 0.2) is 0 Å². The first-order valence-electron chi connectivity index (χ1n) is 7.53. The number of anilines is 1. The Morgan fingerprint density at radius 2 is 2.00 bits per heavy atom. The highest BCUT2D eigenvalue weighted by molar-refractivity contribution is 14.1. The summed E-state index contributed by atoms with van der Waals surface area (Å²) >= 11 is 2.37. The fraction of sp³-hybridized carbons (Fsp3) is 0.278. The molecule has 3 nitrogen and oxygen atoms in total. The summed E-state index contributed by atoms with van der Waals surface area (Å²) in [5.74, 6) is 0. The highest BCUT2D eigenvalue weighted by Crippen LogP contribution is 2.30. The summed E-state index contributed by atoms with van der Waals surface area (Å²) in [7, 11) is 2.15. The lowest BCUT2D eigenvalue weighted by Gasteiger charge is -2.28. The van der Waals surface area contributed by atoms with Crippen LogP contribution in [0.2, 0.25) is 0 Å². The Bertz CT molecular complexity index is 682. The number of hydrogen-bond acceptors (Lipinski definition) is 3. The molecule has 0 aromatic heterocycles. The first kappa shape index (κ1) is 15.5. The second-order valence-electron chi connectivity index (χ2n) is 5.56. The third kappa shape index (κ3) is 3.03. The molecule has 2 N–H and O–H groups in total. The minimum Gasteiger partial charge on any atom is -0.369 e. The lowest BCUT2D eigenvalue weighted by Crippen LogP contribution is -2.35. The number of likely N-dealkylation sites (N-methyl/N-ethyl adjacent to an activating group) is 1. The van der Waals surface area contributed by atoms with Gasteiger partial charge in [-0.05, 0) is 53.8 Å². The van der Waals surface area contributed by atoms with Crippen molar-refractivity contribution < 1.29 is 0 Å². The number of benzene rings is 2. The number of nitrogens with two attached hydrogens (primary N) is 1. The lowest BCUT2D eigenvalue weighted by molar-refractivity contribution is 0.600. The van der Waals surface area contributed by atoms with E-state index in [2.05, 4.69) is 77.0 Å². The van der Waals surface area contributed by atoms with E-state index in [1.165, 1.54) is 20.4 Å². The fourth-order valence-electron chi connectivity index (χ4n) is 2.92. The third-order valence-corrected chi connectivity index (χ3v) is 4.82. The zero-order valence-electron chi connectivity index (χ0n) is 12.7. The molecule has 1 heterocycles. The second-order valence-corrected chi connectivity index (χ2v) is 6.80. The normalized spacial score (nSPS) is 17.7. The van der Waals surface area contributed by atoms with Gasteiger partial charge in [0.05, 0.1) is 12.3 Å². The van der Waals surface area contributed by atoms with E-state index in [4.69, 9.17) is 10.7 Å². The van der Waals surface area contributed by atoms with Gasteiger partial charge in [-0.1, -0.05) is 30.3 Å². The zero-order valence-corrected chi connectivity index (χ0v) is 14.8. The molecular weight excluding hydrogens is 385 g/mol. The Balaban J connectivity index is 2.13. The first-order chi connectivity index (χ1) is 10.7. The van der Waals surface area contributed by atoms with Crippen molar-refractivity contribution in [2.45, 2.75) is 12.5 Å². The number of halogens is 1. The number of nitrogens with zero attached hydrogens (tertiary/aromatic N) is 2. The van der Waals surface area contributed by atoms with Crippen LogP contribution in [0, 0.1) is 3.57 Å². The predicted molar refractivity (Wildman–Crippen MR) is 102 cm³/mol. The third-order valence-electron chi connectivity index (χ3n) is 4.15. The van der Waals surface area contributed by atoms with E-state index >= 15 is 0 Å².